The van der Waals surface area contributed by atoms with Crippen LogP contribution in [0.15, 0.2) is 70.7 Å². The Labute approximate surface area is 192 Å². The Kier molecular flexibility index (Phi) is 6.01. The fourth-order valence-corrected chi connectivity index (χ4v) is 4.16. The zero-order chi connectivity index (χ0) is 24.3. The highest BCUT2D eigenvalue weighted by molar-refractivity contribution is 7.92. The maximum absolute atomic E-state index is 12.8. The van der Waals surface area contributed by atoms with Gasteiger partial charge in [-0.2, -0.15) is 5.10 Å². The van der Waals surface area contributed by atoms with Crippen LogP contribution in [0.4, 0.5) is 17.1 Å². The number of nitrogens with zero attached hydrogens (tertiary/aromatic N) is 2. The van der Waals surface area contributed by atoms with Gasteiger partial charge in [-0.15, -0.1) is 0 Å². The maximum atomic E-state index is 12.8. The van der Waals surface area contributed by atoms with Crippen LogP contribution in [0, 0.1) is 10.1 Å². The fraction of sp³-hybridized carbons (Fsp3) is 0.0476. The molecule has 0 saturated heterocycles. The largest absolute Gasteiger partial charge is 0.478 e. The third-order valence-electron chi connectivity index (χ3n) is 4.67. The second kappa shape index (κ2) is 9.07. The van der Waals surface area contributed by atoms with E-state index in [9.17, 15) is 28.4 Å². The van der Waals surface area contributed by atoms with E-state index in [-0.39, 0.29) is 23.7 Å². The second-order valence-corrected chi connectivity index (χ2v) is 8.56. The van der Waals surface area contributed by atoms with Crippen molar-refractivity contribution >= 4 is 39.3 Å². The third-order valence-corrected chi connectivity index (χ3v) is 6.04. The molecule has 3 aromatic carbocycles. The molecule has 0 radical (unpaired) electrons. The number of aromatic carboxylic acids is 1. The zero-order valence-electron chi connectivity index (χ0n) is 17.2. The van der Waals surface area contributed by atoms with Crippen LogP contribution in [0.1, 0.15) is 15.9 Å². The number of carboxylic acids is 1. The summed E-state index contributed by atoms with van der Waals surface area (Å²) in [6, 6.07) is 13.7. The van der Waals surface area contributed by atoms with Gasteiger partial charge in [0.25, 0.3) is 15.7 Å². The highest BCUT2D eigenvalue weighted by Gasteiger charge is 2.23. The summed E-state index contributed by atoms with van der Waals surface area (Å²) in [5.74, 6) is -0.192. The van der Waals surface area contributed by atoms with Crippen LogP contribution >= 0.6 is 0 Å². The van der Waals surface area contributed by atoms with Gasteiger partial charge >= 0.3 is 5.97 Å². The van der Waals surface area contributed by atoms with Crippen molar-refractivity contribution in [2.24, 2.45) is 5.10 Å². The van der Waals surface area contributed by atoms with Crippen molar-refractivity contribution in [1.29, 1.82) is 0 Å². The topological polar surface area (TPSA) is 169 Å². The number of carbonyl (C=O) groups is 1. The Morgan fingerprint density at radius 2 is 1.82 bits per heavy atom. The number of sulfonamides is 1. The summed E-state index contributed by atoms with van der Waals surface area (Å²) in [4.78, 5) is 21.7. The summed E-state index contributed by atoms with van der Waals surface area (Å²) >= 11 is 0. The molecule has 12 nitrogen and oxygen atoms in total. The molecule has 3 N–H and O–H groups in total. The number of hydrogen-bond acceptors (Lipinski definition) is 9. The first-order valence-corrected chi connectivity index (χ1v) is 11.1. The summed E-state index contributed by atoms with van der Waals surface area (Å²) in [7, 11) is -4.32. The first-order chi connectivity index (χ1) is 16.2. The molecule has 0 amide bonds. The van der Waals surface area contributed by atoms with Crippen LogP contribution in [-0.4, -0.2) is 37.4 Å². The van der Waals surface area contributed by atoms with Gasteiger partial charge in [0.2, 0.25) is 6.79 Å². The van der Waals surface area contributed by atoms with E-state index in [0.717, 1.165) is 12.1 Å². The summed E-state index contributed by atoms with van der Waals surface area (Å²) in [6.07, 6.45) is 1.40. The number of anilines is 2. The Balaban J connectivity index is 1.56. The number of hydrazone groups is 1. The molecule has 0 aliphatic carbocycles. The molecule has 4 rings (SSSR count). The van der Waals surface area contributed by atoms with E-state index in [1.54, 1.807) is 18.2 Å². The third kappa shape index (κ3) is 4.73. The number of hydrogen-bond donors (Lipinski definition) is 3. The Bertz CT molecular complexity index is 1420. The van der Waals surface area contributed by atoms with E-state index in [4.69, 9.17) is 9.47 Å². The lowest BCUT2D eigenvalue weighted by Crippen LogP contribution is -2.16. The number of para-hydroxylation sites is 1. The molecule has 1 aliphatic rings. The van der Waals surface area contributed by atoms with Crippen molar-refractivity contribution in [3.8, 4) is 11.5 Å². The standard InChI is InChI=1S/C21H16N4O8S/c26-21(27)15-3-1-2-4-16(15)24-34(30,31)14-6-7-17(18(10-14)25(28)29)23-22-11-13-5-8-19-20(9-13)33-12-32-19/h1-11,23-24H,12H2,(H,26,27)/b22-11+. The number of nitro benzene ring substituents is 1. The summed E-state index contributed by atoms with van der Waals surface area (Å²) in [6.45, 7) is 0.117. The van der Waals surface area contributed by atoms with E-state index < -0.39 is 31.5 Å². The van der Waals surface area contributed by atoms with Crippen molar-refractivity contribution in [3.63, 3.8) is 0 Å². The van der Waals surface area contributed by atoms with Crippen molar-refractivity contribution in [2.45, 2.75) is 4.90 Å². The van der Waals surface area contributed by atoms with Gasteiger partial charge in [-0.3, -0.25) is 20.3 Å². The number of rotatable bonds is 8. The molecule has 174 valence electrons. The number of benzene rings is 3. The molecule has 0 unspecified atom stereocenters. The lowest BCUT2D eigenvalue weighted by molar-refractivity contribution is -0.384. The minimum atomic E-state index is -4.32. The van der Waals surface area contributed by atoms with Crippen LogP contribution in [0.25, 0.3) is 0 Å². The van der Waals surface area contributed by atoms with E-state index in [0.29, 0.717) is 17.1 Å². The molecule has 0 bridgehead atoms. The maximum Gasteiger partial charge on any atom is 0.337 e. The van der Waals surface area contributed by atoms with E-state index in [1.807, 2.05) is 0 Å². The normalized spacial score (nSPS) is 12.5. The average Bonchev–Trinajstić information content (AvgIpc) is 3.27. The Hall–Kier alpha value is -4.65. The number of ether oxygens (including phenoxy) is 2. The molecule has 34 heavy (non-hydrogen) atoms. The van der Waals surface area contributed by atoms with Crippen LogP contribution in [0.3, 0.4) is 0 Å². The van der Waals surface area contributed by atoms with Crippen LogP contribution in [-0.2, 0) is 10.0 Å². The smallest absolute Gasteiger partial charge is 0.337 e. The molecule has 0 saturated carbocycles. The van der Waals surface area contributed by atoms with E-state index in [1.165, 1.54) is 36.5 Å². The van der Waals surface area contributed by atoms with Gasteiger partial charge in [-0.1, -0.05) is 12.1 Å². The van der Waals surface area contributed by atoms with Crippen molar-refractivity contribution in [3.05, 3.63) is 81.9 Å². The molecular weight excluding hydrogens is 468 g/mol. The summed E-state index contributed by atoms with van der Waals surface area (Å²) < 4.78 is 38.2. The number of nitrogens with one attached hydrogen (secondary N) is 2. The number of carboxylic acid groups (broad SMARTS) is 1. The Morgan fingerprint density at radius 1 is 1.06 bits per heavy atom. The van der Waals surface area contributed by atoms with Gasteiger partial charge < -0.3 is 14.6 Å². The fourth-order valence-electron chi connectivity index (χ4n) is 3.06. The second-order valence-electron chi connectivity index (χ2n) is 6.88. The van der Waals surface area contributed by atoms with Crippen molar-refractivity contribution < 1.29 is 32.7 Å². The van der Waals surface area contributed by atoms with Crippen LogP contribution in [0.2, 0.25) is 0 Å². The highest BCUT2D eigenvalue weighted by atomic mass is 32.2. The molecule has 0 fully saturated rings. The lowest BCUT2D eigenvalue weighted by atomic mass is 10.2. The minimum absolute atomic E-state index is 0.0492. The molecule has 0 spiro atoms. The van der Waals surface area contributed by atoms with Crippen molar-refractivity contribution in [2.75, 3.05) is 16.9 Å². The summed E-state index contributed by atoms with van der Waals surface area (Å²) in [5.41, 5.74) is 2.13. The molecule has 3 aromatic rings. The van der Waals surface area contributed by atoms with Gasteiger partial charge in [-0.05, 0) is 48.0 Å². The van der Waals surface area contributed by atoms with Crippen LogP contribution in [0.5, 0.6) is 11.5 Å². The van der Waals surface area contributed by atoms with Crippen LogP contribution < -0.4 is 19.6 Å². The SMILES string of the molecule is O=C(O)c1ccccc1NS(=O)(=O)c1ccc(N/N=C/c2ccc3c(c2)OCO3)c([N+](=O)[O-])c1. The molecule has 1 heterocycles. The van der Waals surface area contributed by atoms with Gasteiger partial charge in [0.05, 0.1) is 27.3 Å². The first-order valence-electron chi connectivity index (χ1n) is 9.57. The zero-order valence-corrected chi connectivity index (χ0v) is 18.0. The molecule has 0 aromatic heterocycles. The molecule has 1 aliphatic heterocycles. The lowest BCUT2D eigenvalue weighted by Gasteiger charge is -2.11. The monoisotopic (exact) mass is 484 g/mol. The quantitative estimate of drug-likeness (QED) is 0.247. The Morgan fingerprint density at radius 3 is 2.59 bits per heavy atom. The van der Waals surface area contributed by atoms with E-state index >= 15 is 0 Å². The molecular formula is C21H16N4O8S. The van der Waals surface area contributed by atoms with Gasteiger partial charge in [0, 0.05) is 6.07 Å². The van der Waals surface area contributed by atoms with Gasteiger partial charge in [-0.25, -0.2) is 13.2 Å². The van der Waals surface area contributed by atoms with Gasteiger partial charge in [0.1, 0.15) is 5.69 Å². The number of nitro groups is 1. The predicted octanol–water partition coefficient (Wildman–Crippen LogP) is 3.27. The van der Waals surface area contributed by atoms with Crippen molar-refractivity contribution in [1.82, 2.24) is 0 Å². The number of fused-ring (bicyclic) bond motifs is 1. The first kappa shape index (κ1) is 22.5. The minimum Gasteiger partial charge on any atom is -0.478 e. The summed E-state index contributed by atoms with van der Waals surface area (Å²) in [5, 5.41) is 24.8. The highest BCUT2D eigenvalue weighted by Crippen LogP contribution is 2.32. The molecule has 0 atom stereocenters. The predicted molar refractivity (Wildman–Crippen MR) is 121 cm³/mol. The average molecular weight is 484 g/mol. The van der Waals surface area contributed by atoms with E-state index in [2.05, 4.69) is 15.2 Å². The van der Waals surface area contributed by atoms with Gasteiger partial charge in [0.15, 0.2) is 11.5 Å². The molecule has 13 heteroatoms.